The fourth-order valence-corrected chi connectivity index (χ4v) is 2.33. The Labute approximate surface area is 86.6 Å². The highest BCUT2D eigenvalue weighted by Crippen LogP contribution is 2.22. The van der Waals surface area contributed by atoms with Crippen LogP contribution in [-0.4, -0.2) is 38.4 Å². The van der Waals surface area contributed by atoms with Gasteiger partial charge in [-0.1, -0.05) is 6.42 Å². The molecular weight excluding hydrogens is 176 g/mol. The fourth-order valence-electron chi connectivity index (χ4n) is 2.33. The minimum atomic E-state index is 0.520. The van der Waals surface area contributed by atoms with Crippen LogP contribution in [0, 0.1) is 0 Å². The fraction of sp³-hybridized carbons (Fsp3) is 1.00. The molecule has 1 aliphatic carbocycles. The van der Waals surface area contributed by atoms with E-state index in [0.29, 0.717) is 18.2 Å². The number of ether oxygens (including phenoxy) is 1. The molecule has 1 unspecified atom stereocenters. The molecule has 0 aromatic heterocycles. The van der Waals surface area contributed by atoms with E-state index in [1.165, 1.54) is 38.6 Å². The quantitative estimate of drug-likeness (QED) is 0.704. The van der Waals surface area contributed by atoms with Crippen molar-refractivity contribution < 1.29 is 4.74 Å². The lowest BCUT2D eigenvalue weighted by Crippen LogP contribution is -2.50. The molecule has 2 N–H and O–H groups in total. The summed E-state index contributed by atoms with van der Waals surface area (Å²) in [6, 6.07) is 1.43. The summed E-state index contributed by atoms with van der Waals surface area (Å²) in [5.74, 6) is 0. The van der Waals surface area contributed by atoms with Crippen molar-refractivity contribution in [2.75, 3.05) is 20.2 Å². The summed E-state index contributed by atoms with van der Waals surface area (Å²) in [5.41, 5.74) is 0. The Bertz CT molecular complexity index is 163. The van der Waals surface area contributed by atoms with Gasteiger partial charge in [0.05, 0.1) is 6.10 Å². The van der Waals surface area contributed by atoms with Gasteiger partial charge in [-0.05, 0) is 32.2 Å². The normalized spacial score (nSPS) is 37.9. The predicted octanol–water partition coefficient (Wildman–Crippen LogP) is 0.895. The number of hydrogen-bond acceptors (Lipinski definition) is 3. The van der Waals surface area contributed by atoms with Crippen molar-refractivity contribution in [1.29, 1.82) is 0 Å². The van der Waals surface area contributed by atoms with Crippen LogP contribution in [-0.2, 0) is 4.74 Å². The first-order valence-electron chi connectivity index (χ1n) is 5.88. The van der Waals surface area contributed by atoms with E-state index in [-0.39, 0.29) is 0 Å². The lowest BCUT2D eigenvalue weighted by atomic mass is 9.89. The molecule has 0 aromatic carbocycles. The maximum Gasteiger partial charge on any atom is 0.0601 e. The van der Waals surface area contributed by atoms with E-state index in [9.17, 15) is 0 Å². The van der Waals surface area contributed by atoms with Crippen molar-refractivity contribution in [2.45, 2.75) is 50.3 Å². The second kappa shape index (κ2) is 5.10. The molecule has 1 saturated heterocycles. The van der Waals surface area contributed by atoms with E-state index in [0.717, 1.165) is 6.54 Å². The Morgan fingerprint density at radius 3 is 2.86 bits per heavy atom. The summed E-state index contributed by atoms with van der Waals surface area (Å²) >= 11 is 0. The number of hydrogen-bond donors (Lipinski definition) is 2. The number of methoxy groups -OCH3 is 1. The Balaban J connectivity index is 1.54. The first-order chi connectivity index (χ1) is 6.88. The third kappa shape index (κ3) is 2.69. The topological polar surface area (TPSA) is 33.3 Å². The van der Waals surface area contributed by atoms with Crippen LogP contribution in [0.15, 0.2) is 0 Å². The highest BCUT2D eigenvalue weighted by atomic mass is 16.5. The highest BCUT2D eigenvalue weighted by molar-refractivity contribution is 4.87. The summed E-state index contributed by atoms with van der Waals surface area (Å²) < 4.78 is 5.25. The number of rotatable bonds is 4. The van der Waals surface area contributed by atoms with Crippen molar-refractivity contribution in [3.63, 3.8) is 0 Å². The molecule has 82 valence electrons. The molecule has 1 heterocycles. The molecule has 2 aliphatic rings. The standard InChI is InChI=1S/C11H22N2O/c1-14-11-6-10(7-11)13-8-9-4-2-3-5-12-9/h9-13H,2-8H2,1H3. The van der Waals surface area contributed by atoms with E-state index in [2.05, 4.69) is 10.6 Å². The smallest absolute Gasteiger partial charge is 0.0601 e. The van der Waals surface area contributed by atoms with Gasteiger partial charge in [-0.25, -0.2) is 0 Å². The van der Waals surface area contributed by atoms with Gasteiger partial charge in [0.25, 0.3) is 0 Å². The van der Waals surface area contributed by atoms with Gasteiger partial charge < -0.3 is 15.4 Å². The van der Waals surface area contributed by atoms with Crippen molar-refractivity contribution in [1.82, 2.24) is 10.6 Å². The zero-order chi connectivity index (χ0) is 9.80. The molecule has 0 amide bonds. The molecule has 2 fully saturated rings. The molecular formula is C11H22N2O. The maximum atomic E-state index is 5.25. The van der Waals surface area contributed by atoms with E-state index < -0.39 is 0 Å². The van der Waals surface area contributed by atoms with Gasteiger partial charge in [0.2, 0.25) is 0 Å². The van der Waals surface area contributed by atoms with Crippen LogP contribution in [0.1, 0.15) is 32.1 Å². The Hall–Kier alpha value is -0.120. The molecule has 3 heteroatoms. The van der Waals surface area contributed by atoms with Gasteiger partial charge in [0.15, 0.2) is 0 Å². The predicted molar refractivity (Wildman–Crippen MR) is 57.5 cm³/mol. The first kappa shape index (κ1) is 10.4. The zero-order valence-corrected chi connectivity index (χ0v) is 9.09. The summed E-state index contributed by atoms with van der Waals surface area (Å²) in [7, 11) is 1.81. The largest absolute Gasteiger partial charge is 0.381 e. The second-order valence-electron chi connectivity index (χ2n) is 4.58. The van der Waals surface area contributed by atoms with Gasteiger partial charge in [-0.3, -0.25) is 0 Å². The molecule has 1 saturated carbocycles. The molecule has 2 rings (SSSR count). The summed E-state index contributed by atoms with van der Waals surface area (Å²) in [4.78, 5) is 0. The van der Waals surface area contributed by atoms with Crippen LogP contribution < -0.4 is 10.6 Å². The number of nitrogens with one attached hydrogen (secondary N) is 2. The first-order valence-corrected chi connectivity index (χ1v) is 5.88. The monoisotopic (exact) mass is 198 g/mol. The molecule has 1 aliphatic heterocycles. The summed E-state index contributed by atoms with van der Waals surface area (Å²) in [6.07, 6.45) is 7.00. The van der Waals surface area contributed by atoms with Gasteiger partial charge >= 0.3 is 0 Å². The van der Waals surface area contributed by atoms with Crippen LogP contribution >= 0.6 is 0 Å². The highest BCUT2D eigenvalue weighted by Gasteiger charge is 2.28. The van der Waals surface area contributed by atoms with E-state index in [4.69, 9.17) is 4.74 Å². The van der Waals surface area contributed by atoms with Gasteiger partial charge in [-0.15, -0.1) is 0 Å². The lowest BCUT2D eigenvalue weighted by Gasteiger charge is -2.36. The van der Waals surface area contributed by atoms with E-state index >= 15 is 0 Å². The molecule has 0 aromatic rings. The third-order valence-electron chi connectivity index (χ3n) is 3.49. The Morgan fingerprint density at radius 1 is 1.36 bits per heavy atom. The van der Waals surface area contributed by atoms with Gasteiger partial charge in [0.1, 0.15) is 0 Å². The number of piperidine rings is 1. The SMILES string of the molecule is COC1CC(NCC2CCCCN2)C1. The summed E-state index contributed by atoms with van der Waals surface area (Å²) in [5, 5.41) is 7.16. The van der Waals surface area contributed by atoms with Crippen LogP contribution in [0.2, 0.25) is 0 Å². The maximum absolute atomic E-state index is 5.25. The van der Waals surface area contributed by atoms with Crippen molar-refractivity contribution >= 4 is 0 Å². The second-order valence-corrected chi connectivity index (χ2v) is 4.58. The zero-order valence-electron chi connectivity index (χ0n) is 9.09. The van der Waals surface area contributed by atoms with E-state index in [1.807, 2.05) is 7.11 Å². The van der Waals surface area contributed by atoms with Crippen LogP contribution in [0.25, 0.3) is 0 Å². The van der Waals surface area contributed by atoms with Crippen molar-refractivity contribution in [3.05, 3.63) is 0 Å². The molecule has 0 radical (unpaired) electrons. The molecule has 0 bridgehead atoms. The third-order valence-corrected chi connectivity index (χ3v) is 3.49. The van der Waals surface area contributed by atoms with Crippen LogP contribution in [0.3, 0.4) is 0 Å². The van der Waals surface area contributed by atoms with Crippen molar-refractivity contribution in [2.24, 2.45) is 0 Å². The van der Waals surface area contributed by atoms with Gasteiger partial charge in [0, 0.05) is 25.7 Å². The lowest BCUT2D eigenvalue weighted by molar-refractivity contribution is 0.0167. The Morgan fingerprint density at radius 2 is 2.21 bits per heavy atom. The molecule has 3 nitrogen and oxygen atoms in total. The summed E-state index contributed by atoms with van der Waals surface area (Å²) in [6.45, 7) is 2.35. The van der Waals surface area contributed by atoms with Crippen LogP contribution in [0.4, 0.5) is 0 Å². The van der Waals surface area contributed by atoms with Gasteiger partial charge in [-0.2, -0.15) is 0 Å². The minimum absolute atomic E-state index is 0.520. The van der Waals surface area contributed by atoms with Crippen LogP contribution in [0.5, 0.6) is 0 Å². The van der Waals surface area contributed by atoms with E-state index in [1.54, 1.807) is 0 Å². The minimum Gasteiger partial charge on any atom is -0.381 e. The molecule has 0 spiro atoms. The molecule has 14 heavy (non-hydrogen) atoms. The molecule has 1 atom stereocenters. The van der Waals surface area contributed by atoms with Crippen molar-refractivity contribution in [3.8, 4) is 0 Å². The Kier molecular flexibility index (Phi) is 3.79. The average molecular weight is 198 g/mol. The average Bonchev–Trinajstić information content (AvgIpc) is 2.17.